The van der Waals surface area contributed by atoms with Crippen molar-refractivity contribution in [2.75, 3.05) is 0 Å². The molecule has 0 saturated carbocycles. The first kappa shape index (κ1) is 12.3. The predicted molar refractivity (Wildman–Crippen MR) is 68.2 cm³/mol. The van der Waals surface area contributed by atoms with Gasteiger partial charge in [0.2, 0.25) is 0 Å². The van der Waals surface area contributed by atoms with Crippen LogP contribution in [-0.4, -0.2) is 9.37 Å². The van der Waals surface area contributed by atoms with Gasteiger partial charge in [-0.25, -0.2) is 0 Å². The largest absolute Gasteiger partial charge is 0.360 e. The number of hydrogen-bond donors (Lipinski definition) is 0. The Labute approximate surface area is 107 Å². The highest BCUT2D eigenvalue weighted by molar-refractivity contribution is 7.83. The van der Waals surface area contributed by atoms with E-state index in [0.717, 1.165) is 11.3 Å². The van der Waals surface area contributed by atoms with Crippen LogP contribution >= 0.6 is 11.6 Å². The molecule has 0 aliphatic heterocycles. The van der Waals surface area contributed by atoms with Crippen molar-refractivity contribution in [2.45, 2.75) is 18.4 Å². The molecule has 0 aliphatic rings. The first-order valence-corrected chi connectivity index (χ1v) is 7.02. The van der Waals surface area contributed by atoms with E-state index >= 15 is 0 Å². The Balaban J connectivity index is 1.95. The molecule has 5 heteroatoms. The SMILES string of the molecule is Cc1cc(CS(=O)Cc2ccc(Cl)cc2)on1. The summed E-state index contributed by atoms with van der Waals surface area (Å²) in [6.07, 6.45) is 0. The third kappa shape index (κ3) is 3.68. The molecule has 1 aromatic carbocycles. The molecule has 17 heavy (non-hydrogen) atoms. The summed E-state index contributed by atoms with van der Waals surface area (Å²) in [5, 5.41) is 4.45. The Morgan fingerprint density at radius 3 is 2.59 bits per heavy atom. The average molecular weight is 270 g/mol. The number of nitrogens with zero attached hydrogens (tertiary/aromatic N) is 1. The monoisotopic (exact) mass is 269 g/mol. The maximum Gasteiger partial charge on any atom is 0.149 e. The fourth-order valence-electron chi connectivity index (χ4n) is 1.46. The molecule has 0 bridgehead atoms. The highest BCUT2D eigenvalue weighted by atomic mass is 35.5. The smallest absolute Gasteiger partial charge is 0.149 e. The van der Waals surface area contributed by atoms with Gasteiger partial charge in [0.05, 0.1) is 11.4 Å². The van der Waals surface area contributed by atoms with Crippen LogP contribution in [-0.2, 0) is 22.3 Å². The summed E-state index contributed by atoms with van der Waals surface area (Å²) in [6.45, 7) is 1.84. The van der Waals surface area contributed by atoms with E-state index in [1.807, 2.05) is 19.1 Å². The Morgan fingerprint density at radius 2 is 2.00 bits per heavy atom. The summed E-state index contributed by atoms with van der Waals surface area (Å²) >= 11 is 5.78. The molecule has 2 aromatic rings. The second-order valence-electron chi connectivity index (χ2n) is 3.79. The minimum Gasteiger partial charge on any atom is -0.360 e. The maximum atomic E-state index is 11.9. The lowest BCUT2D eigenvalue weighted by Gasteiger charge is -2.00. The lowest BCUT2D eigenvalue weighted by molar-refractivity contribution is 0.390. The van der Waals surface area contributed by atoms with E-state index in [0.29, 0.717) is 22.3 Å². The van der Waals surface area contributed by atoms with Gasteiger partial charge in [-0.2, -0.15) is 0 Å². The molecule has 1 aromatic heterocycles. The number of benzene rings is 1. The highest BCUT2D eigenvalue weighted by Crippen LogP contribution is 2.13. The van der Waals surface area contributed by atoms with Gasteiger partial charge in [0, 0.05) is 27.6 Å². The number of aromatic nitrogens is 1. The van der Waals surface area contributed by atoms with Crippen LogP contribution in [0.2, 0.25) is 5.02 Å². The lowest BCUT2D eigenvalue weighted by atomic mass is 10.2. The summed E-state index contributed by atoms with van der Waals surface area (Å²) in [5.41, 5.74) is 1.81. The van der Waals surface area contributed by atoms with Crippen molar-refractivity contribution in [1.82, 2.24) is 5.16 Å². The van der Waals surface area contributed by atoms with Gasteiger partial charge in [0.1, 0.15) is 5.76 Å². The summed E-state index contributed by atoms with van der Waals surface area (Å²) < 4.78 is 16.9. The third-order valence-electron chi connectivity index (χ3n) is 2.22. The summed E-state index contributed by atoms with van der Waals surface area (Å²) in [5.74, 6) is 1.55. The molecule has 0 radical (unpaired) electrons. The molecule has 0 amide bonds. The molecule has 0 N–H and O–H groups in total. The van der Waals surface area contributed by atoms with Crippen molar-refractivity contribution >= 4 is 22.4 Å². The zero-order valence-electron chi connectivity index (χ0n) is 9.35. The summed E-state index contributed by atoms with van der Waals surface area (Å²) in [4.78, 5) is 0. The Hall–Kier alpha value is -1.13. The average Bonchev–Trinajstić information content (AvgIpc) is 2.67. The van der Waals surface area contributed by atoms with Gasteiger partial charge in [-0.3, -0.25) is 4.21 Å². The Morgan fingerprint density at radius 1 is 1.29 bits per heavy atom. The summed E-state index contributed by atoms with van der Waals surface area (Å²) in [6, 6.07) is 9.16. The molecule has 1 unspecified atom stereocenters. The van der Waals surface area contributed by atoms with Gasteiger partial charge in [0.15, 0.2) is 0 Å². The second kappa shape index (κ2) is 5.47. The maximum absolute atomic E-state index is 11.9. The minimum atomic E-state index is -0.992. The predicted octanol–water partition coefficient (Wildman–Crippen LogP) is 3.09. The number of rotatable bonds is 4. The van der Waals surface area contributed by atoms with Crippen molar-refractivity contribution in [3.63, 3.8) is 0 Å². The third-order valence-corrected chi connectivity index (χ3v) is 3.73. The van der Waals surface area contributed by atoms with E-state index < -0.39 is 10.8 Å². The molecular weight excluding hydrogens is 258 g/mol. The molecule has 1 atom stereocenters. The number of aryl methyl sites for hydroxylation is 1. The van der Waals surface area contributed by atoms with Crippen LogP contribution < -0.4 is 0 Å². The highest BCUT2D eigenvalue weighted by Gasteiger charge is 2.07. The first-order valence-electron chi connectivity index (χ1n) is 5.15. The molecule has 3 nitrogen and oxygen atoms in total. The van der Waals surface area contributed by atoms with Crippen LogP contribution in [0.3, 0.4) is 0 Å². The van der Waals surface area contributed by atoms with Crippen LogP contribution in [0.4, 0.5) is 0 Å². The van der Waals surface area contributed by atoms with Crippen LogP contribution in [0, 0.1) is 6.92 Å². The molecule has 0 saturated heterocycles. The molecule has 2 rings (SSSR count). The summed E-state index contributed by atoms with van der Waals surface area (Å²) in [7, 11) is -0.992. The van der Waals surface area contributed by atoms with Gasteiger partial charge in [-0.1, -0.05) is 28.9 Å². The molecule has 0 aliphatic carbocycles. The van der Waals surface area contributed by atoms with Crippen molar-refractivity contribution in [2.24, 2.45) is 0 Å². The first-order chi connectivity index (χ1) is 8.13. The Bertz CT molecular complexity index is 522. The van der Waals surface area contributed by atoms with E-state index in [-0.39, 0.29) is 0 Å². The minimum absolute atomic E-state index is 0.392. The van der Waals surface area contributed by atoms with E-state index in [1.165, 1.54) is 0 Å². The van der Waals surface area contributed by atoms with Crippen molar-refractivity contribution in [3.8, 4) is 0 Å². The fraction of sp³-hybridized carbons (Fsp3) is 0.250. The number of halogens is 1. The van der Waals surface area contributed by atoms with Crippen LogP contribution in [0.25, 0.3) is 0 Å². The zero-order valence-corrected chi connectivity index (χ0v) is 10.9. The van der Waals surface area contributed by atoms with Crippen LogP contribution in [0.15, 0.2) is 34.9 Å². The molecule has 0 fully saturated rings. The van der Waals surface area contributed by atoms with Gasteiger partial charge >= 0.3 is 0 Å². The van der Waals surface area contributed by atoms with Crippen molar-refractivity contribution in [1.29, 1.82) is 0 Å². The Kier molecular flexibility index (Phi) is 3.97. The van der Waals surface area contributed by atoms with E-state index in [1.54, 1.807) is 18.2 Å². The fourth-order valence-corrected chi connectivity index (χ4v) is 2.71. The van der Waals surface area contributed by atoms with Gasteiger partial charge in [0.25, 0.3) is 0 Å². The topological polar surface area (TPSA) is 43.1 Å². The molecule has 1 heterocycles. The second-order valence-corrected chi connectivity index (χ2v) is 5.68. The lowest BCUT2D eigenvalue weighted by Crippen LogP contribution is -1.98. The van der Waals surface area contributed by atoms with E-state index in [4.69, 9.17) is 16.1 Å². The normalized spacial score (nSPS) is 12.6. The quantitative estimate of drug-likeness (QED) is 0.857. The van der Waals surface area contributed by atoms with Gasteiger partial charge in [-0.05, 0) is 24.6 Å². The van der Waals surface area contributed by atoms with Crippen LogP contribution in [0.5, 0.6) is 0 Å². The van der Waals surface area contributed by atoms with E-state index in [9.17, 15) is 4.21 Å². The van der Waals surface area contributed by atoms with Crippen LogP contribution in [0.1, 0.15) is 17.0 Å². The molecule has 0 spiro atoms. The van der Waals surface area contributed by atoms with Crippen molar-refractivity contribution < 1.29 is 8.73 Å². The molecule has 90 valence electrons. The van der Waals surface area contributed by atoms with Gasteiger partial charge in [-0.15, -0.1) is 0 Å². The van der Waals surface area contributed by atoms with E-state index in [2.05, 4.69) is 5.16 Å². The standard InChI is InChI=1S/C12H12ClNO2S/c1-9-6-12(16-14-9)8-17(15)7-10-2-4-11(13)5-3-10/h2-6H,7-8H2,1H3. The van der Waals surface area contributed by atoms with Crippen molar-refractivity contribution in [3.05, 3.63) is 52.4 Å². The molecular formula is C12H12ClNO2S. The van der Waals surface area contributed by atoms with Gasteiger partial charge < -0.3 is 4.52 Å². The zero-order chi connectivity index (χ0) is 12.3. The number of hydrogen-bond acceptors (Lipinski definition) is 3.